The molecule has 0 amide bonds. The second-order valence-corrected chi connectivity index (χ2v) is 3.77. The number of non-ortho nitro benzene ring substituents is 1. The largest absolute Gasteiger partial charge is 0.496 e. The molecule has 0 saturated heterocycles. The summed E-state index contributed by atoms with van der Waals surface area (Å²) in [6, 6.07) is 11.6. The van der Waals surface area contributed by atoms with Crippen LogP contribution in [0.1, 0.15) is 0 Å². The van der Waals surface area contributed by atoms with Crippen LogP contribution in [0.2, 0.25) is 0 Å². The predicted molar refractivity (Wildman–Crippen MR) is 69.5 cm³/mol. The van der Waals surface area contributed by atoms with E-state index in [0.29, 0.717) is 17.0 Å². The number of nitro groups is 1. The van der Waals surface area contributed by atoms with Crippen molar-refractivity contribution >= 4 is 11.4 Å². The third-order valence-electron chi connectivity index (χ3n) is 2.59. The first-order valence-corrected chi connectivity index (χ1v) is 5.30. The van der Waals surface area contributed by atoms with Crippen LogP contribution in [0.3, 0.4) is 0 Å². The molecule has 0 spiro atoms. The molecule has 0 aliphatic rings. The molecule has 0 bridgehead atoms. The minimum Gasteiger partial charge on any atom is -0.496 e. The highest BCUT2D eigenvalue weighted by atomic mass is 16.6. The van der Waals surface area contributed by atoms with Crippen molar-refractivity contribution in [2.45, 2.75) is 0 Å². The van der Waals surface area contributed by atoms with Crippen LogP contribution in [0, 0.1) is 10.1 Å². The van der Waals surface area contributed by atoms with Gasteiger partial charge in [0.25, 0.3) is 5.69 Å². The number of benzene rings is 2. The molecule has 18 heavy (non-hydrogen) atoms. The van der Waals surface area contributed by atoms with Gasteiger partial charge >= 0.3 is 0 Å². The molecular weight excluding hydrogens is 232 g/mol. The van der Waals surface area contributed by atoms with Gasteiger partial charge in [0, 0.05) is 23.4 Å². The highest BCUT2D eigenvalue weighted by Crippen LogP contribution is 2.33. The van der Waals surface area contributed by atoms with Crippen LogP contribution in [0.5, 0.6) is 5.75 Å². The fourth-order valence-corrected chi connectivity index (χ4v) is 1.74. The molecule has 2 rings (SSSR count). The lowest BCUT2D eigenvalue weighted by molar-refractivity contribution is -0.384. The fourth-order valence-electron chi connectivity index (χ4n) is 1.74. The van der Waals surface area contributed by atoms with Crippen LogP contribution in [0.15, 0.2) is 42.5 Å². The maximum absolute atomic E-state index is 10.8. The number of hydrogen-bond donors (Lipinski definition) is 1. The van der Waals surface area contributed by atoms with Gasteiger partial charge in [-0.15, -0.1) is 0 Å². The van der Waals surface area contributed by atoms with Gasteiger partial charge in [-0.2, -0.15) is 0 Å². The third kappa shape index (κ3) is 2.24. The number of hydrogen-bond acceptors (Lipinski definition) is 4. The molecule has 0 heterocycles. The summed E-state index contributed by atoms with van der Waals surface area (Å²) in [7, 11) is 1.55. The highest BCUT2D eigenvalue weighted by Gasteiger charge is 2.10. The Hall–Kier alpha value is -2.56. The summed E-state index contributed by atoms with van der Waals surface area (Å²) >= 11 is 0. The summed E-state index contributed by atoms with van der Waals surface area (Å²) in [6.07, 6.45) is 0. The summed E-state index contributed by atoms with van der Waals surface area (Å²) in [6.45, 7) is 0. The quantitative estimate of drug-likeness (QED) is 0.511. The second-order valence-electron chi connectivity index (χ2n) is 3.77. The molecule has 2 aromatic rings. The van der Waals surface area contributed by atoms with Gasteiger partial charge in [0.1, 0.15) is 5.75 Å². The van der Waals surface area contributed by atoms with Crippen molar-refractivity contribution in [1.82, 2.24) is 0 Å². The fraction of sp³-hybridized carbons (Fsp3) is 0.0769. The van der Waals surface area contributed by atoms with Gasteiger partial charge in [0.15, 0.2) is 0 Å². The first-order chi connectivity index (χ1) is 8.61. The average Bonchev–Trinajstić information content (AvgIpc) is 2.39. The minimum absolute atomic E-state index is 0.0389. The van der Waals surface area contributed by atoms with Crippen molar-refractivity contribution in [3.8, 4) is 16.9 Å². The molecular formula is C13H12N2O3. The van der Waals surface area contributed by atoms with Gasteiger partial charge in [-0.1, -0.05) is 12.1 Å². The Bertz CT molecular complexity index is 597. The Morgan fingerprint density at radius 2 is 2.00 bits per heavy atom. The number of anilines is 1. The normalized spacial score (nSPS) is 10.1. The number of ether oxygens (including phenoxy) is 1. The Morgan fingerprint density at radius 1 is 1.22 bits per heavy atom. The Morgan fingerprint density at radius 3 is 2.67 bits per heavy atom. The maximum atomic E-state index is 10.8. The molecule has 0 aliphatic carbocycles. The van der Waals surface area contributed by atoms with Gasteiger partial charge in [-0.05, 0) is 23.8 Å². The number of nitrogens with zero attached hydrogens (tertiary/aromatic N) is 1. The van der Waals surface area contributed by atoms with Crippen LogP contribution >= 0.6 is 0 Å². The Labute approximate surface area is 104 Å². The van der Waals surface area contributed by atoms with Gasteiger partial charge in [-0.25, -0.2) is 0 Å². The average molecular weight is 244 g/mol. The number of methoxy groups -OCH3 is 1. The van der Waals surface area contributed by atoms with Gasteiger partial charge in [0.05, 0.1) is 12.0 Å². The number of nitrogen functional groups attached to an aromatic ring is 1. The predicted octanol–water partition coefficient (Wildman–Crippen LogP) is 2.85. The van der Waals surface area contributed by atoms with Crippen LogP contribution in [-0.4, -0.2) is 12.0 Å². The second kappa shape index (κ2) is 4.75. The molecule has 2 aromatic carbocycles. The van der Waals surface area contributed by atoms with Crippen molar-refractivity contribution in [3.05, 3.63) is 52.6 Å². The zero-order chi connectivity index (χ0) is 13.1. The van der Waals surface area contributed by atoms with E-state index in [2.05, 4.69) is 0 Å². The van der Waals surface area contributed by atoms with Crippen LogP contribution in [0.25, 0.3) is 11.1 Å². The summed E-state index contributed by atoms with van der Waals surface area (Å²) in [4.78, 5) is 10.3. The lowest BCUT2D eigenvalue weighted by Crippen LogP contribution is -1.92. The molecule has 0 unspecified atom stereocenters. The van der Waals surface area contributed by atoms with Crippen LogP contribution < -0.4 is 10.5 Å². The molecule has 0 saturated carbocycles. The summed E-state index contributed by atoms with van der Waals surface area (Å²) < 4.78 is 5.23. The monoisotopic (exact) mass is 244 g/mol. The standard InChI is InChI=1S/C13H12N2O3/c1-18-13-6-5-10(14)8-12(13)9-3-2-4-11(7-9)15(16)17/h2-8H,14H2,1H3. The van der Waals surface area contributed by atoms with Gasteiger partial charge < -0.3 is 10.5 Å². The minimum atomic E-state index is -0.428. The first kappa shape index (κ1) is 11.9. The van der Waals surface area contributed by atoms with E-state index in [9.17, 15) is 10.1 Å². The molecule has 92 valence electrons. The number of nitro benzene ring substituents is 1. The summed E-state index contributed by atoms with van der Waals surface area (Å²) in [5.41, 5.74) is 7.79. The molecule has 0 fully saturated rings. The SMILES string of the molecule is COc1ccc(N)cc1-c1cccc([N+](=O)[O-])c1. The van der Waals surface area contributed by atoms with E-state index in [1.165, 1.54) is 12.1 Å². The highest BCUT2D eigenvalue weighted by molar-refractivity contribution is 5.75. The number of rotatable bonds is 3. The molecule has 2 N–H and O–H groups in total. The van der Waals surface area contributed by atoms with E-state index in [1.807, 2.05) is 0 Å². The zero-order valence-corrected chi connectivity index (χ0v) is 9.79. The molecule has 5 nitrogen and oxygen atoms in total. The molecule has 5 heteroatoms. The Kier molecular flexibility index (Phi) is 3.14. The van der Waals surface area contributed by atoms with Gasteiger partial charge in [0.2, 0.25) is 0 Å². The maximum Gasteiger partial charge on any atom is 0.270 e. The molecule has 0 aliphatic heterocycles. The zero-order valence-electron chi connectivity index (χ0n) is 9.79. The first-order valence-electron chi connectivity index (χ1n) is 5.30. The van der Waals surface area contributed by atoms with E-state index in [4.69, 9.17) is 10.5 Å². The van der Waals surface area contributed by atoms with Crippen LogP contribution in [0.4, 0.5) is 11.4 Å². The molecule has 0 aromatic heterocycles. The lowest BCUT2D eigenvalue weighted by Gasteiger charge is -2.09. The van der Waals surface area contributed by atoms with Crippen molar-refractivity contribution < 1.29 is 9.66 Å². The topological polar surface area (TPSA) is 78.4 Å². The van der Waals surface area contributed by atoms with Crippen LogP contribution in [-0.2, 0) is 0 Å². The van der Waals surface area contributed by atoms with Crippen molar-refractivity contribution in [3.63, 3.8) is 0 Å². The summed E-state index contributed by atoms with van der Waals surface area (Å²) in [5, 5.41) is 10.8. The summed E-state index contributed by atoms with van der Waals surface area (Å²) in [5.74, 6) is 0.629. The van der Waals surface area contributed by atoms with E-state index in [-0.39, 0.29) is 5.69 Å². The van der Waals surface area contributed by atoms with Crippen molar-refractivity contribution in [2.75, 3.05) is 12.8 Å². The molecule has 0 atom stereocenters. The third-order valence-corrected chi connectivity index (χ3v) is 2.59. The van der Waals surface area contributed by atoms with Crippen molar-refractivity contribution in [1.29, 1.82) is 0 Å². The lowest BCUT2D eigenvalue weighted by atomic mass is 10.0. The van der Waals surface area contributed by atoms with E-state index in [1.54, 1.807) is 37.4 Å². The molecule has 0 radical (unpaired) electrons. The van der Waals surface area contributed by atoms with Crippen molar-refractivity contribution in [2.24, 2.45) is 0 Å². The van der Waals surface area contributed by atoms with E-state index < -0.39 is 4.92 Å². The van der Waals surface area contributed by atoms with Gasteiger partial charge in [-0.3, -0.25) is 10.1 Å². The van der Waals surface area contributed by atoms with E-state index >= 15 is 0 Å². The smallest absolute Gasteiger partial charge is 0.270 e. The Balaban J connectivity index is 2.57. The number of nitrogens with two attached hydrogens (primary N) is 1. The van der Waals surface area contributed by atoms with E-state index in [0.717, 1.165) is 5.56 Å².